The normalized spacial score (nSPS) is 10.5. The molecule has 0 fully saturated rings. The lowest BCUT2D eigenvalue weighted by Crippen LogP contribution is -2.07. The molecule has 0 aromatic heterocycles. The molecule has 3 rings (SSSR count). The van der Waals surface area contributed by atoms with Gasteiger partial charge in [-0.2, -0.15) is 0 Å². The zero-order chi connectivity index (χ0) is 21.5. The Bertz CT molecular complexity index is 1040. The van der Waals surface area contributed by atoms with E-state index >= 15 is 0 Å². The van der Waals surface area contributed by atoms with E-state index < -0.39 is 5.97 Å². The first-order valence-electron chi connectivity index (χ1n) is 9.37. The van der Waals surface area contributed by atoms with E-state index in [4.69, 9.17) is 32.7 Å². The predicted octanol–water partition coefficient (Wildman–Crippen LogP) is 6.28. The molecular formula is C23H21Cl2NO4. The highest BCUT2D eigenvalue weighted by atomic mass is 35.5. The van der Waals surface area contributed by atoms with Crippen LogP contribution in [0.5, 0.6) is 11.5 Å². The number of aromatic carboxylic acids is 1. The highest BCUT2D eigenvalue weighted by molar-refractivity contribution is 6.33. The van der Waals surface area contributed by atoms with Gasteiger partial charge in [0.05, 0.1) is 22.9 Å². The van der Waals surface area contributed by atoms with Gasteiger partial charge < -0.3 is 19.9 Å². The monoisotopic (exact) mass is 445 g/mol. The van der Waals surface area contributed by atoms with E-state index in [1.165, 1.54) is 12.1 Å². The maximum atomic E-state index is 11.2. The van der Waals surface area contributed by atoms with Crippen molar-refractivity contribution < 1.29 is 19.4 Å². The average Bonchev–Trinajstić information content (AvgIpc) is 2.73. The molecule has 30 heavy (non-hydrogen) atoms. The van der Waals surface area contributed by atoms with Crippen LogP contribution in [0.15, 0.2) is 60.7 Å². The molecule has 0 unspecified atom stereocenters. The fourth-order valence-corrected chi connectivity index (χ4v) is 3.26. The number of carboxylic acid groups (broad SMARTS) is 1. The second-order valence-electron chi connectivity index (χ2n) is 6.41. The first kappa shape index (κ1) is 21.8. The van der Waals surface area contributed by atoms with E-state index in [1.54, 1.807) is 6.07 Å². The third-order valence-corrected chi connectivity index (χ3v) is 5.07. The summed E-state index contributed by atoms with van der Waals surface area (Å²) in [4.78, 5) is 11.2. The van der Waals surface area contributed by atoms with Gasteiger partial charge in [0.25, 0.3) is 0 Å². The lowest BCUT2D eigenvalue weighted by Gasteiger charge is -2.17. The maximum absolute atomic E-state index is 11.2. The van der Waals surface area contributed by atoms with Gasteiger partial charge in [0.15, 0.2) is 11.5 Å². The standard InChI is InChI=1S/C23H21Cl2NO4/c1-2-29-21-9-5-7-16(22(21)30-14-17-6-3-4-8-18(17)24)13-26-20-12-15(23(27)28)10-11-19(20)25/h3-12,26H,2,13-14H2,1H3,(H,27,28). The van der Waals surface area contributed by atoms with Gasteiger partial charge in [0.1, 0.15) is 6.61 Å². The molecule has 0 aliphatic heterocycles. The number of hydrogen-bond acceptors (Lipinski definition) is 4. The van der Waals surface area contributed by atoms with E-state index in [-0.39, 0.29) is 12.2 Å². The summed E-state index contributed by atoms with van der Waals surface area (Å²) in [5, 5.41) is 13.5. The maximum Gasteiger partial charge on any atom is 0.335 e. The summed E-state index contributed by atoms with van der Waals surface area (Å²) in [7, 11) is 0. The molecule has 0 amide bonds. The van der Waals surface area contributed by atoms with Crippen LogP contribution < -0.4 is 14.8 Å². The van der Waals surface area contributed by atoms with Crippen molar-refractivity contribution in [2.45, 2.75) is 20.1 Å². The first-order valence-corrected chi connectivity index (χ1v) is 10.1. The Hall–Kier alpha value is -2.89. The third-order valence-electron chi connectivity index (χ3n) is 4.37. The summed E-state index contributed by atoms with van der Waals surface area (Å²) in [5.41, 5.74) is 2.38. The van der Waals surface area contributed by atoms with Crippen LogP contribution in [0.3, 0.4) is 0 Å². The van der Waals surface area contributed by atoms with Gasteiger partial charge in [-0.3, -0.25) is 0 Å². The van der Waals surface area contributed by atoms with Crippen LogP contribution in [0, 0.1) is 0 Å². The van der Waals surface area contributed by atoms with Crippen LogP contribution in [0.25, 0.3) is 0 Å². The van der Waals surface area contributed by atoms with Crippen molar-refractivity contribution in [2.24, 2.45) is 0 Å². The number of rotatable bonds is 9. The molecule has 0 spiro atoms. The summed E-state index contributed by atoms with van der Waals surface area (Å²) in [6.07, 6.45) is 0. The van der Waals surface area contributed by atoms with Gasteiger partial charge in [-0.05, 0) is 37.3 Å². The summed E-state index contributed by atoms with van der Waals surface area (Å²) in [5.74, 6) is 0.198. The number of benzene rings is 3. The minimum atomic E-state index is -1.02. The van der Waals surface area contributed by atoms with Gasteiger partial charge in [-0.25, -0.2) is 4.79 Å². The Balaban J connectivity index is 1.84. The number of para-hydroxylation sites is 1. The van der Waals surface area contributed by atoms with Crippen molar-refractivity contribution in [1.82, 2.24) is 0 Å². The van der Waals surface area contributed by atoms with Gasteiger partial charge in [-0.15, -0.1) is 0 Å². The number of anilines is 1. The van der Waals surface area contributed by atoms with Crippen LogP contribution >= 0.6 is 23.2 Å². The van der Waals surface area contributed by atoms with Crippen molar-refractivity contribution in [1.29, 1.82) is 0 Å². The highest BCUT2D eigenvalue weighted by Crippen LogP contribution is 2.34. The Morgan fingerprint density at radius 3 is 2.47 bits per heavy atom. The molecule has 2 N–H and O–H groups in total. The third kappa shape index (κ3) is 5.38. The van der Waals surface area contributed by atoms with Crippen LogP contribution in [-0.2, 0) is 13.2 Å². The Labute approximate surface area is 185 Å². The van der Waals surface area contributed by atoms with E-state index in [0.29, 0.717) is 40.4 Å². The zero-order valence-electron chi connectivity index (χ0n) is 16.3. The van der Waals surface area contributed by atoms with E-state index in [1.807, 2.05) is 49.4 Å². The molecule has 7 heteroatoms. The van der Waals surface area contributed by atoms with Crippen LogP contribution in [0.4, 0.5) is 5.69 Å². The van der Waals surface area contributed by atoms with Crippen molar-refractivity contribution >= 4 is 34.9 Å². The summed E-state index contributed by atoms with van der Waals surface area (Å²) >= 11 is 12.5. The molecule has 0 aliphatic carbocycles. The quantitative estimate of drug-likeness (QED) is 0.405. The lowest BCUT2D eigenvalue weighted by molar-refractivity contribution is 0.0697. The second kappa shape index (κ2) is 10.2. The van der Waals surface area contributed by atoms with E-state index in [9.17, 15) is 9.90 Å². The number of hydrogen-bond donors (Lipinski definition) is 2. The molecule has 156 valence electrons. The van der Waals surface area contributed by atoms with Crippen molar-refractivity contribution in [3.05, 3.63) is 87.4 Å². The van der Waals surface area contributed by atoms with Gasteiger partial charge >= 0.3 is 5.97 Å². The molecule has 0 atom stereocenters. The summed E-state index contributed by atoms with van der Waals surface area (Å²) in [6, 6.07) is 17.6. The van der Waals surface area contributed by atoms with Gasteiger partial charge in [0.2, 0.25) is 0 Å². The van der Waals surface area contributed by atoms with Crippen molar-refractivity contribution in [3.63, 3.8) is 0 Å². The molecule has 3 aromatic rings. The van der Waals surface area contributed by atoms with Crippen LogP contribution in [0.2, 0.25) is 10.0 Å². The van der Waals surface area contributed by atoms with Gasteiger partial charge in [-0.1, -0.05) is 53.5 Å². The van der Waals surface area contributed by atoms with E-state index in [2.05, 4.69) is 5.32 Å². The molecule has 0 saturated heterocycles. The minimum Gasteiger partial charge on any atom is -0.490 e. The molecule has 0 aliphatic rings. The number of ether oxygens (including phenoxy) is 2. The zero-order valence-corrected chi connectivity index (χ0v) is 17.8. The number of carboxylic acids is 1. The number of carbonyl (C=O) groups is 1. The fourth-order valence-electron chi connectivity index (χ4n) is 2.88. The number of halogens is 2. The van der Waals surface area contributed by atoms with Crippen LogP contribution in [-0.4, -0.2) is 17.7 Å². The predicted molar refractivity (Wildman–Crippen MR) is 119 cm³/mol. The Morgan fingerprint density at radius 1 is 0.967 bits per heavy atom. The molecule has 0 heterocycles. The number of nitrogens with one attached hydrogen (secondary N) is 1. The Kier molecular flexibility index (Phi) is 7.44. The Morgan fingerprint density at radius 2 is 1.73 bits per heavy atom. The van der Waals surface area contributed by atoms with Crippen molar-refractivity contribution in [3.8, 4) is 11.5 Å². The largest absolute Gasteiger partial charge is 0.490 e. The highest BCUT2D eigenvalue weighted by Gasteiger charge is 2.14. The first-order chi connectivity index (χ1) is 14.5. The average molecular weight is 446 g/mol. The topological polar surface area (TPSA) is 67.8 Å². The second-order valence-corrected chi connectivity index (χ2v) is 7.23. The fraction of sp³-hybridized carbons (Fsp3) is 0.174. The molecular weight excluding hydrogens is 425 g/mol. The molecule has 0 radical (unpaired) electrons. The summed E-state index contributed by atoms with van der Waals surface area (Å²) in [6.45, 7) is 3.04. The molecule has 0 saturated carbocycles. The smallest absolute Gasteiger partial charge is 0.335 e. The minimum absolute atomic E-state index is 0.153. The lowest BCUT2D eigenvalue weighted by atomic mass is 10.1. The SMILES string of the molecule is CCOc1cccc(CNc2cc(C(=O)O)ccc2Cl)c1OCc1ccccc1Cl. The summed E-state index contributed by atoms with van der Waals surface area (Å²) < 4.78 is 11.8. The molecule has 0 bridgehead atoms. The van der Waals surface area contributed by atoms with Crippen molar-refractivity contribution in [2.75, 3.05) is 11.9 Å². The van der Waals surface area contributed by atoms with Crippen LogP contribution in [0.1, 0.15) is 28.4 Å². The van der Waals surface area contributed by atoms with E-state index in [0.717, 1.165) is 11.1 Å². The molecule has 5 nitrogen and oxygen atoms in total. The van der Waals surface area contributed by atoms with Gasteiger partial charge in [0, 0.05) is 22.7 Å². The molecule has 3 aromatic carbocycles.